The maximum atomic E-state index is 13.0. The molecule has 0 saturated carbocycles. The first kappa shape index (κ1) is 19.5. The van der Waals surface area contributed by atoms with Gasteiger partial charge in [-0.05, 0) is 60.6 Å². The number of nitrogens with one attached hydrogen (secondary N) is 3. The zero-order chi connectivity index (χ0) is 19.8. The first-order valence-corrected chi connectivity index (χ1v) is 9.27. The lowest BCUT2D eigenvalue weighted by molar-refractivity contribution is 0.0955. The van der Waals surface area contributed by atoms with Gasteiger partial charge < -0.3 is 16.0 Å². The summed E-state index contributed by atoms with van der Waals surface area (Å²) in [7, 11) is 0. The zero-order valence-electron chi connectivity index (χ0n) is 15.1. The highest BCUT2D eigenvalue weighted by Gasteiger charge is 2.11. The average molecular weight is 393 g/mol. The quantitative estimate of drug-likeness (QED) is 0.536. The van der Waals surface area contributed by atoms with Crippen molar-refractivity contribution in [1.82, 2.24) is 5.32 Å². The van der Waals surface area contributed by atoms with Gasteiger partial charge in [-0.15, -0.1) is 0 Å². The van der Waals surface area contributed by atoms with E-state index < -0.39 is 0 Å². The predicted molar refractivity (Wildman–Crippen MR) is 115 cm³/mol. The van der Waals surface area contributed by atoms with Crippen molar-refractivity contribution in [2.24, 2.45) is 0 Å². The van der Waals surface area contributed by atoms with Gasteiger partial charge in [-0.2, -0.15) is 0 Å². The van der Waals surface area contributed by atoms with Crippen molar-refractivity contribution >= 4 is 34.6 Å². The van der Waals surface area contributed by atoms with Gasteiger partial charge >= 0.3 is 0 Å². The molecule has 3 rings (SSSR count). The fourth-order valence-electron chi connectivity index (χ4n) is 2.67. The van der Waals surface area contributed by atoms with Crippen LogP contribution in [-0.2, 0) is 6.42 Å². The third-order valence-corrected chi connectivity index (χ3v) is 4.27. The van der Waals surface area contributed by atoms with Gasteiger partial charge in [0.2, 0.25) is 0 Å². The Bertz CT molecular complexity index is 946. The summed E-state index contributed by atoms with van der Waals surface area (Å²) in [6.45, 7) is 0.537. The Morgan fingerprint density at radius 2 is 1.54 bits per heavy atom. The van der Waals surface area contributed by atoms with E-state index in [1.54, 1.807) is 30.3 Å². The van der Waals surface area contributed by atoms with Crippen LogP contribution < -0.4 is 16.0 Å². The lowest BCUT2D eigenvalue weighted by atomic mass is 10.1. The number of anilines is 2. The molecule has 0 saturated heterocycles. The van der Waals surface area contributed by atoms with Gasteiger partial charge in [0.15, 0.2) is 5.11 Å². The van der Waals surface area contributed by atoms with Crippen LogP contribution in [-0.4, -0.2) is 17.6 Å². The molecule has 1 amide bonds. The fraction of sp³-hybridized carbons (Fsp3) is 0.0909. The minimum absolute atomic E-state index is 0.177. The number of carbonyl (C=O) groups excluding carboxylic acids is 1. The van der Waals surface area contributed by atoms with Gasteiger partial charge in [0.05, 0.1) is 11.3 Å². The minimum Gasteiger partial charge on any atom is -0.352 e. The van der Waals surface area contributed by atoms with Crippen molar-refractivity contribution in [2.75, 3.05) is 17.2 Å². The summed E-state index contributed by atoms with van der Waals surface area (Å²) in [6.07, 6.45) is 0.757. The number of carbonyl (C=O) groups is 1. The lowest BCUT2D eigenvalue weighted by Crippen LogP contribution is -2.28. The molecule has 0 aliphatic rings. The number of thiocarbonyl (C=S) groups is 1. The molecular formula is C22H20FN3OS. The van der Waals surface area contributed by atoms with E-state index in [2.05, 4.69) is 16.0 Å². The number of benzene rings is 3. The van der Waals surface area contributed by atoms with E-state index in [4.69, 9.17) is 12.2 Å². The highest BCUT2D eigenvalue weighted by Crippen LogP contribution is 2.16. The molecule has 0 fully saturated rings. The van der Waals surface area contributed by atoms with Crippen LogP contribution in [0.3, 0.4) is 0 Å². The fourth-order valence-corrected chi connectivity index (χ4v) is 2.90. The molecule has 28 heavy (non-hydrogen) atoms. The molecule has 0 radical (unpaired) electrons. The summed E-state index contributed by atoms with van der Waals surface area (Å²) >= 11 is 5.30. The molecule has 0 bridgehead atoms. The second-order valence-corrected chi connectivity index (χ2v) is 6.53. The van der Waals surface area contributed by atoms with Crippen molar-refractivity contribution in [2.45, 2.75) is 6.42 Å². The van der Waals surface area contributed by atoms with Crippen LogP contribution in [0.1, 0.15) is 15.9 Å². The molecule has 0 aliphatic heterocycles. The number of hydrogen-bond donors (Lipinski definition) is 3. The normalized spacial score (nSPS) is 10.2. The minimum atomic E-state index is -0.318. The molecule has 3 N–H and O–H groups in total. The first-order chi connectivity index (χ1) is 13.6. The largest absolute Gasteiger partial charge is 0.352 e. The van der Waals surface area contributed by atoms with Gasteiger partial charge in [0, 0.05) is 12.2 Å². The number of para-hydroxylation sites is 1. The standard InChI is InChI=1S/C22H20FN3OS/c23-17-10-12-18(13-11-17)25-22(28)26-20-9-5-4-8-19(20)21(27)24-15-14-16-6-2-1-3-7-16/h1-13H,14-15H2,(H,24,27)(H2,25,26,28). The number of rotatable bonds is 6. The highest BCUT2D eigenvalue weighted by molar-refractivity contribution is 7.80. The smallest absolute Gasteiger partial charge is 0.253 e. The molecule has 3 aromatic rings. The van der Waals surface area contributed by atoms with Crippen molar-refractivity contribution in [3.8, 4) is 0 Å². The second kappa shape index (κ2) is 9.62. The molecule has 0 aliphatic carbocycles. The molecule has 3 aromatic carbocycles. The summed E-state index contributed by atoms with van der Waals surface area (Å²) in [5.74, 6) is -0.495. The number of halogens is 1. The van der Waals surface area contributed by atoms with Crippen LogP contribution >= 0.6 is 12.2 Å². The molecule has 4 nitrogen and oxygen atoms in total. The van der Waals surface area contributed by atoms with E-state index in [0.717, 1.165) is 6.42 Å². The van der Waals surface area contributed by atoms with Crippen LogP contribution in [0.4, 0.5) is 15.8 Å². The first-order valence-electron chi connectivity index (χ1n) is 8.86. The van der Waals surface area contributed by atoms with Gasteiger partial charge in [-0.1, -0.05) is 42.5 Å². The van der Waals surface area contributed by atoms with Crippen molar-refractivity contribution in [1.29, 1.82) is 0 Å². The Hall–Kier alpha value is -3.25. The van der Waals surface area contributed by atoms with Gasteiger partial charge in [0.25, 0.3) is 5.91 Å². The predicted octanol–water partition coefficient (Wildman–Crippen LogP) is 4.61. The summed E-state index contributed by atoms with van der Waals surface area (Å²) < 4.78 is 13.0. The summed E-state index contributed by atoms with van der Waals surface area (Å²) in [6, 6.07) is 23.0. The summed E-state index contributed by atoms with van der Waals surface area (Å²) in [5, 5.41) is 9.25. The Morgan fingerprint density at radius 1 is 0.857 bits per heavy atom. The topological polar surface area (TPSA) is 53.2 Å². The van der Waals surface area contributed by atoms with Crippen molar-refractivity contribution in [3.63, 3.8) is 0 Å². The Balaban J connectivity index is 1.59. The third kappa shape index (κ3) is 5.62. The Labute approximate surface area is 168 Å². The molecule has 142 valence electrons. The van der Waals surface area contributed by atoms with E-state index in [0.29, 0.717) is 28.6 Å². The molecule has 0 spiro atoms. The summed E-state index contributed by atoms with van der Waals surface area (Å²) in [5.41, 5.74) is 2.92. The number of amides is 1. The molecular weight excluding hydrogens is 373 g/mol. The average Bonchev–Trinajstić information content (AvgIpc) is 2.71. The van der Waals surface area contributed by atoms with E-state index in [1.807, 2.05) is 36.4 Å². The van der Waals surface area contributed by atoms with Crippen molar-refractivity contribution < 1.29 is 9.18 Å². The maximum Gasteiger partial charge on any atom is 0.253 e. The summed E-state index contributed by atoms with van der Waals surface area (Å²) in [4.78, 5) is 12.6. The van der Waals surface area contributed by atoms with Gasteiger partial charge in [-0.3, -0.25) is 4.79 Å². The van der Waals surface area contributed by atoms with E-state index in [-0.39, 0.29) is 11.7 Å². The van der Waals surface area contributed by atoms with Crippen molar-refractivity contribution in [3.05, 3.63) is 95.8 Å². The molecule has 0 aromatic heterocycles. The molecule has 6 heteroatoms. The second-order valence-electron chi connectivity index (χ2n) is 6.12. The van der Waals surface area contributed by atoms with E-state index in [9.17, 15) is 9.18 Å². The monoisotopic (exact) mass is 393 g/mol. The Kier molecular flexibility index (Phi) is 6.70. The zero-order valence-corrected chi connectivity index (χ0v) is 15.9. The Morgan fingerprint density at radius 3 is 2.29 bits per heavy atom. The SMILES string of the molecule is O=C(NCCc1ccccc1)c1ccccc1NC(=S)Nc1ccc(F)cc1. The molecule has 0 heterocycles. The van der Waals surface area contributed by atoms with E-state index in [1.165, 1.54) is 17.7 Å². The van der Waals surface area contributed by atoms with Crippen LogP contribution in [0, 0.1) is 5.82 Å². The van der Waals surface area contributed by atoms with Crippen LogP contribution in [0.15, 0.2) is 78.9 Å². The number of hydrogen-bond acceptors (Lipinski definition) is 2. The van der Waals surface area contributed by atoms with Gasteiger partial charge in [0.1, 0.15) is 5.82 Å². The third-order valence-electron chi connectivity index (χ3n) is 4.06. The van der Waals surface area contributed by atoms with Crippen LogP contribution in [0.25, 0.3) is 0 Å². The van der Waals surface area contributed by atoms with Crippen LogP contribution in [0.2, 0.25) is 0 Å². The van der Waals surface area contributed by atoms with E-state index >= 15 is 0 Å². The molecule has 0 atom stereocenters. The van der Waals surface area contributed by atoms with Gasteiger partial charge in [-0.25, -0.2) is 4.39 Å². The van der Waals surface area contributed by atoms with Crippen LogP contribution in [0.5, 0.6) is 0 Å². The highest BCUT2D eigenvalue weighted by atomic mass is 32.1. The lowest BCUT2D eigenvalue weighted by Gasteiger charge is -2.14. The maximum absolute atomic E-state index is 13.0. The molecule has 0 unspecified atom stereocenters.